The smallest absolute Gasteiger partial charge is 0.272 e. The van der Waals surface area contributed by atoms with E-state index in [-0.39, 0.29) is 22.2 Å². The van der Waals surface area contributed by atoms with Crippen molar-refractivity contribution in [3.05, 3.63) is 129 Å². The van der Waals surface area contributed by atoms with Crippen LogP contribution in [0, 0.1) is 12.7 Å². The standard InChI is InChI=1S/C33H28Cl2FN3O3S/c1-20-25(34)11-8-14-28(20)39-32(42)33(2,3)43-23-17-15-22(16-18-23)37-31(41)29(19-24-26(35)12-7-13-27(24)36)38-30(40)21-9-5-4-6-10-21/h4-19H,1-3H3,(H,37,41)(H,38,40)(H,39,42)/b29-19-. The number of benzene rings is 4. The normalized spacial score (nSPS) is 11.5. The van der Waals surface area contributed by atoms with Crippen LogP contribution >= 0.6 is 35.0 Å². The van der Waals surface area contributed by atoms with Gasteiger partial charge in [-0.2, -0.15) is 0 Å². The number of hydrogen-bond donors (Lipinski definition) is 3. The summed E-state index contributed by atoms with van der Waals surface area (Å²) in [6, 6.07) is 24.7. The van der Waals surface area contributed by atoms with Gasteiger partial charge in [0.1, 0.15) is 11.5 Å². The van der Waals surface area contributed by atoms with Crippen LogP contribution in [-0.4, -0.2) is 22.5 Å². The molecule has 0 aliphatic carbocycles. The summed E-state index contributed by atoms with van der Waals surface area (Å²) in [5.41, 5.74) is 1.93. The van der Waals surface area contributed by atoms with Gasteiger partial charge in [-0.15, -0.1) is 11.8 Å². The van der Waals surface area contributed by atoms with Gasteiger partial charge in [0.2, 0.25) is 5.91 Å². The molecule has 4 rings (SSSR count). The highest BCUT2D eigenvalue weighted by molar-refractivity contribution is 8.01. The van der Waals surface area contributed by atoms with Crippen molar-refractivity contribution in [3.63, 3.8) is 0 Å². The van der Waals surface area contributed by atoms with E-state index in [1.165, 1.54) is 36.0 Å². The minimum atomic E-state index is -0.837. The molecule has 220 valence electrons. The van der Waals surface area contributed by atoms with Gasteiger partial charge < -0.3 is 16.0 Å². The summed E-state index contributed by atoms with van der Waals surface area (Å²) in [7, 11) is 0. The van der Waals surface area contributed by atoms with Crippen molar-refractivity contribution in [2.75, 3.05) is 10.6 Å². The molecule has 0 saturated heterocycles. The third-order valence-corrected chi connectivity index (χ3v) is 8.31. The zero-order chi connectivity index (χ0) is 31.1. The maximum absolute atomic E-state index is 14.5. The van der Waals surface area contributed by atoms with Gasteiger partial charge in [0.15, 0.2) is 0 Å². The predicted octanol–water partition coefficient (Wildman–Crippen LogP) is 8.36. The second kappa shape index (κ2) is 13.9. The molecule has 0 saturated carbocycles. The molecular formula is C33H28Cl2FN3O3S. The average molecular weight is 637 g/mol. The average Bonchev–Trinajstić information content (AvgIpc) is 2.98. The van der Waals surface area contributed by atoms with Gasteiger partial charge in [-0.3, -0.25) is 14.4 Å². The summed E-state index contributed by atoms with van der Waals surface area (Å²) in [5.74, 6) is -2.07. The second-order valence-corrected chi connectivity index (χ2v) is 12.5. The molecule has 6 nitrogen and oxygen atoms in total. The Morgan fingerprint density at radius 3 is 2.14 bits per heavy atom. The van der Waals surface area contributed by atoms with Crippen molar-refractivity contribution in [2.24, 2.45) is 0 Å². The molecule has 0 aromatic heterocycles. The van der Waals surface area contributed by atoms with E-state index in [0.717, 1.165) is 10.5 Å². The number of anilines is 2. The van der Waals surface area contributed by atoms with Crippen molar-refractivity contribution in [2.45, 2.75) is 30.4 Å². The maximum Gasteiger partial charge on any atom is 0.272 e. The minimum Gasteiger partial charge on any atom is -0.325 e. The number of thioether (sulfide) groups is 1. The van der Waals surface area contributed by atoms with Crippen LogP contribution in [0.1, 0.15) is 35.3 Å². The van der Waals surface area contributed by atoms with Crippen molar-refractivity contribution < 1.29 is 18.8 Å². The third kappa shape index (κ3) is 8.26. The summed E-state index contributed by atoms with van der Waals surface area (Å²) in [4.78, 5) is 40.0. The molecule has 4 aromatic carbocycles. The Balaban J connectivity index is 1.49. The Bertz CT molecular complexity index is 1670. The Morgan fingerprint density at radius 1 is 0.814 bits per heavy atom. The van der Waals surface area contributed by atoms with Gasteiger partial charge in [-0.25, -0.2) is 4.39 Å². The first kappa shape index (κ1) is 31.8. The molecule has 0 bridgehead atoms. The molecule has 0 aliphatic rings. The Morgan fingerprint density at radius 2 is 1.47 bits per heavy atom. The quantitative estimate of drug-likeness (QED) is 0.127. The van der Waals surface area contributed by atoms with E-state index in [1.54, 1.807) is 72.8 Å². The van der Waals surface area contributed by atoms with Crippen LogP contribution in [0.3, 0.4) is 0 Å². The van der Waals surface area contributed by atoms with E-state index in [9.17, 15) is 18.8 Å². The lowest BCUT2D eigenvalue weighted by Crippen LogP contribution is -2.34. The van der Waals surface area contributed by atoms with Crippen molar-refractivity contribution in [1.82, 2.24) is 5.32 Å². The molecule has 0 spiro atoms. The molecule has 43 heavy (non-hydrogen) atoms. The predicted molar refractivity (Wildman–Crippen MR) is 173 cm³/mol. The van der Waals surface area contributed by atoms with E-state index in [1.807, 2.05) is 20.8 Å². The third-order valence-electron chi connectivity index (χ3n) is 6.37. The van der Waals surface area contributed by atoms with Gasteiger partial charge in [0.05, 0.1) is 9.77 Å². The zero-order valence-corrected chi connectivity index (χ0v) is 25.8. The Hall–Kier alpha value is -4.11. The monoisotopic (exact) mass is 635 g/mol. The summed E-state index contributed by atoms with van der Waals surface area (Å²) >= 11 is 13.7. The van der Waals surface area contributed by atoms with E-state index < -0.39 is 22.4 Å². The maximum atomic E-state index is 14.5. The van der Waals surface area contributed by atoms with E-state index in [0.29, 0.717) is 22.0 Å². The van der Waals surface area contributed by atoms with Gasteiger partial charge in [-0.1, -0.05) is 53.5 Å². The highest BCUT2D eigenvalue weighted by Crippen LogP contribution is 2.35. The molecule has 0 radical (unpaired) electrons. The lowest BCUT2D eigenvalue weighted by atomic mass is 10.1. The number of amides is 3. The van der Waals surface area contributed by atoms with Crippen molar-refractivity contribution >= 4 is 70.1 Å². The number of rotatable bonds is 9. The van der Waals surface area contributed by atoms with E-state index in [2.05, 4.69) is 16.0 Å². The van der Waals surface area contributed by atoms with Gasteiger partial charge in [-0.05, 0) is 93.1 Å². The molecule has 10 heteroatoms. The fraction of sp³-hybridized carbons (Fsp3) is 0.121. The number of halogens is 3. The summed E-state index contributed by atoms with van der Waals surface area (Å²) < 4.78 is 13.7. The van der Waals surface area contributed by atoms with Gasteiger partial charge in [0, 0.05) is 32.4 Å². The number of carbonyl (C=O) groups excluding carboxylic acids is 3. The van der Waals surface area contributed by atoms with Gasteiger partial charge >= 0.3 is 0 Å². The first-order valence-corrected chi connectivity index (χ1v) is 14.7. The fourth-order valence-corrected chi connectivity index (χ4v) is 5.29. The molecular weight excluding hydrogens is 608 g/mol. The molecule has 0 aliphatic heterocycles. The highest BCUT2D eigenvalue weighted by atomic mass is 35.5. The molecule has 3 N–H and O–H groups in total. The highest BCUT2D eigenvalue weighted by Gasteiger charge is 2.29. The van der Waals surface area contributed by atoms with Crippen LogP contribution in [-0.2, 0) is 9.59 Å². The molecule has 0 unspecified atom stereocenters. The van der Waals surface area contributed by atoms with E-state index in [4.69, 9.17) is 23.2 Å². The van der Waals surface area contributed by atoms with Crippen molar-refractivity contribution in [3.8, 4) is 0 Å². The second-order valence-electron chi connectivity index (χ2n) is 9.97. The molecule has 4 aromatic rings. The molecule has 3 amide bonds. The number of nitrogens with one attached hydrogen (secondary N) is 3. The van der Waals surface area contributed by atoms with Crippen LogP contribution < -0.4 is 16.0 Å². The van der Waals surface area contributed by atoms with Gasteiger partial charge in [0.25, 0.3) is 11.8 Å². The minimum absolute atomic E-state index is 0.0390. The summed E-state index contributed by atoms with van der Waals surface area (Å²) in [5, 5.41) is 8.88. The summed E-state index contributed by atoms with van der Waals surface area (Å²) in [6.45, 7) is 5.45. The van der Waals surface area contributed by atoms with E-state index >= 15 is 0 Å². The van der Waals surface area contributed by atoms with Crippen LogP contribution in [0.15, 0.2) is 102 Å². The first-order chi connectivity index (χ1) is 20.4. The van der Waals surface area contributed by atoms with Crippen LogP contribution in [0.25, 0.3) is 6.08 Å². The number of carbonyl (C=O) groups is 3. The Labute approximate surface area is 263 Å². The van der Waals surface area contributed by atoms with Crippen LogP contribution in [0.2, 0.25) is 10.0 Å². The zero-order valence-electron chi connectivity index (χ0n) is 23.5. The fourth-order valence-electron chi connectivity index (χ4n) is 3.90. The topological polar surface area (TPSA) is 87.3 Å². The Kier molecular flexibility index (Phi) is 10.3. The first-order valence-electron chi connectivity index (χ1n) is 13.1. The largest absolute Gasteiger partial charge is 0.325 e. The SMILES string of the molecule is Cc1c(Cl)cccc1NC(=O)C(C)(C)Sc1ccc(NC(=O)/C(=C/c2c(F)cccc2Cl)NC(=O)c2ccccc2)cc1. The lowest BCUT2D eigenvalue weighted by Gasteiger charge is -2.24. The summed E-state index contributed by atoms with van der Waals surface area (Å²) in [6.07, 6.45) is 1.20. The molecule has 0 heterocycles. The lowest BCUT2D eigenvalue weighted by molar-refractivity contribution is -0.117. The van der Waals surface area contributed by atoms with Crippen LogP contribution in [0.4, 0.5) is 15.8 Å². The molecule has 0 fully saturated rings. The van der Waals surface area contributed by atoms with Crippen molar-refractivity contribution in [1.29, 1.82) is 0 Å². The number of hydrogen-bond acceptors (Lipinski definition) is 4. The van der Waals surface area contributed by atoms with Crippen LogP contribution in [0.5, 0.6) is 0 Å². The molecule has 0 atom stereocenters.